The Labute approximate surface area is 180 Å². The highest BCUT2D eigenvalue weighted by molar-refractivity contribution is 5.99. The number of esters is 2. The van der Waals surface area contributed by atoms with Crippen LogP contribution in [0.4, 0.5) is 5.69 Å². The van der Waals surface area contributed by atoms with Gasteiger partial charge in [-0.3, -0.25) is 14.5 Å². The van der Waals surface area contributed by atoms with Crippen LogP contribution in [0.3, 0.4) is 0 Å². The second kappa shape index (κ2) is 12.4. The first-order valence-corrected chi connectivity index (χ1v) is 9.49. The Kier molecular flexibility index (Phi) is 9.30. The van der Waals surface area contributed by atoms with Gasteiger partial charge in [-0.15, -0.1) is 0 Å². The van der Waals surface area contributed by atoms with Crippen LogP contribution in [-0.2, 0) is 23.9 Å². The van der Waals surface area contributed by atoms with Crippen molar-refractivity contribution in [2.75, 3.05) is 31.3 Å². The van der Waals surface area contributed by atoms with Crippen molar-refractivity contribution in [3.8, 4) is 11.8 Å². The van der Waals surface area contributed by atoms with E-state index in [4.69, 9.17) is 19.5 Å². The minimum atomic E-state index is -0.706. The van der Waals surface area contributed by atoms with Gasteiger partial charge in [0, 0.05) is 11.8 Å². The molecule has 0 atom stereocenters. The summed E-state index contributed by atoms with van der Waals surface area (Å²) in [6.45, 7) is 1.00. The molecule has 2 aromatic carbocycles. The van der Waals surface area contributed by atoms with Gasteiger partial charge in [-0.2, -0.15) is 5.26 Å². The number of nitriles is 1. The number of carbonyl (C=O) groups excluding carboxylic acids is 3. The summed E-state index contributed by atoms with van der Waals surface area (Å²) in [7, 11) is 0. The quantitative estimate of drug-likeness (QED) is 0.428. The number of para-hydroxylation sites is 1. The number of anilines is 1. The molecule has 0 aromatic heterocycles. The van der Waals surface area contributed by atoms with Crippen molar-refractivity contribution in [2.24, 2.45) is 0 Å². The Bertz CT molecular complexity index is 948. The van der Waals surface area contributed by atoms with Gasteiger partial charge in [0.25, 0.3) is 5.91 Å². The molecular weight excluding hydrogens is 400 g/mol. The van der Waals surface area contributed by atoms with E-state index in [0.29, 0.717) is 17.0 Å². The minimum absolute atomic E-state index is 0.0499. The van der Waals surface area contributed by atoms with Crippen LogP contribution in [-0.4, -0.2) is 44.2 Å². The molecule has 0 heterocycles. The summed E-state index contributed by atoms with van der Waals surface area (Å²) < 4.78 is 15.1. The van der Waals surface area contributed by atoms with Crippen molar-refractivity contribution in [2.45, 2.75) is 6.92 Å². The van der Waals surface area contributed by atoms with E-state index in [-0.39, 0.29) is 19.8 Å². The molecule has 0 unspecified atom stereocenters. The Morgan fingerprint density at radius 3 is 2.39 bits per heavy atom. The van der Waals surface area contributed by atoms with Gasteiger partial charge in [0.2, 0.25) is 0 Å². The number of nitrogens with zero attached hydrogens (tertiary/aromatic N) is 2. The highest BCUT2D eigenvalue weighted by Crippen LogP contribution is 2.15. The van der Waals surface area contributed by atoms with E-state index in [1.807, 2.05) is 6.07 Å². The van der Waals surface area contributed by atoms with E-state index in [9.17, 15) is 14.4 Å². The van der Waals surface area contributed by atoms with Crippen molar-refractivity contribution in [3.05, 3.63) is 66.2 Å². The van der Waals surface area contributed by atoms with E-state index < -0.39 is 24.5 Å². The van der Waals surface area contributed by atoms with Crippen molar-refractivity contribution in [1.82, 2.24) is 0 Å². The highest BCUT2D eigenvalue weighted by Gasteiger charge is 2.20. The third-order valence-electron chi connectivity index (χ3n) is 3.89. The van der Waals surface area contributed by atoms with Crippen molar-refractivity contribution < 1.29 is 28.6 Å². The van der Waals surface area contributed by atoms with Gasteiger partial charge in [0.05, 0.1) is 6.61 Å². The first-order valence-electron chi connectivity index (χ1n) is 9.49. The fraction of sp³-hybridized carbons (Fsp3) is 0.217. The molecule has 0 bridgehead atoms. The molecule has 160 valence electrons. The number of carbonyl (C=O) groups is 3. The standard InChI is InChI=1S/C23H22N2O6/c1-2-29-23(28)16-25(19-6-4-3-5-7-19)21(26)17-31-22(27)13-10-18-8-11-20(12-9-18)30-15-14-24/h3-13H,2,15-17H2,1H3/b13-10+. The largest absolute Gasteiger partial charge is 0.479 e. The van der Waals surface area contributed by atoms with E-state index in [0.717, 1.165) is 0 Å². The van der Waals surface area contributed by atoms with Crippen LogP contribution in [0.1, 0.15) is 12.5 Å². The molecule has 0 aliphatic carbocycles. The van der Waals surface area contributed by atoms with Crippen molar-refractivity contribution in [3.63, 3.8) is 0 Å². The lowest BCUT2D eigenvalue weighted by Crippen LogP contribution is -2.39. The van der Waals surface area contributed by atoms with Gasteiger partial charge in [-0.05, 0) is 42.8 Å². The van der Waals surface area contributed by atoms with Gasteiger partial charge >= 0.3 is 11.9 Å². The van der Waals surface area contributed by atoms with Crippen LogP contribution < -0.4 is 9.64 Å². The smallest absolute Gasteiger partial charge is 0.331 e. The molecule has 2 aromatic rings. The molecule has 31 heavy (non-hydrogen) atoms. The zero-order valence-electron chi connectivity index (χ0n) is 17.0. The third kappa shape index (κ3) is 8.03. The first kappa shape index (κ1) is 23.2. The molecule has 0 spiro atoms. The Hall–Kier alpha value is -4.12. The van der Waals surface area contributed by atoms with E-state index in [2.05, 4.69) is 0 Å². The van der Waals surface area contributed by atoms with Crippen LogP contribution in [0.2, 0.25) is 0 Å². The van der Waals surface area contributed by atoms with E-state index >= 15 is 0 Å². The van der Waals surface area contributed by atoms with Crippen LogP contribution in [0, 0.1) is 11.3 Å². The number of rotatable bonds is 10. The summed E-state index contributed by atoms with van der Waals surface area (Å²) >= 11 is 0. The zero-order valence-corrected chi connectivity index (χ0v) is 17.0. The fourth-order valence-electron chi connectivity index (χ4n) is 2.48. The van der Waals surface area contributed by atoms with Crippen LogP contribution in [0.15, 0.2) is 60.7 Å². The monoisotopic (exact) mass is 422 g/mol. The van der Waals surface area contributed by atoms with E-state index in [1.54, 1.807) is 61.5 Å². The van der Waals surface area contributed by atoms with Gasteiger partial charge in [-0.1, -0.05) is 30.3 Å². The molecule has 1 amide bonds. The molecule has 8 nitrogen and oxygen atoms in total. The maximum absolute atomic E-state index is 12.6. The molecule has 0 radical (unpaired) electrons. The molecule has 8 heteroatoms. The SMILES string of the molecule is CCOC(=O)CN(C(=O)COC(=O)/C=C/c1ccc(OCC#N)cc1)c1ccccc1. The average molecular weight is 422 g/mol. The molecular formula is C23H22N2O6. The lowest BCUT2D eigenvalue weighted by Gasteiger charge is -2.21. The summed E-state index contributed by atoms with van der Waals surface area (Å²) in [5.74, 6) is -1.29. The minimum Gasteiger partial charge on any atom is -0.479 e. The molecule has 0 aliphatic rings. The number of hydrogen-bond donors (Lipinski definition) is 0. The predicted molar refractivity (Wildman–Crippen MR) is 113 cm³/mol. The maximum Gasteiger partial charge on any atom is 0.331 e. The predicted octanol–water partition coefficient (Wildman–Crippen LogP) is 2.74. The summed E-state index contributed by atoms with van der Waals surface area (Å²) in [5.41, 5.74) is 1.20. The molecule has 0 saturated heterocycles. The summed E-state index contributed by atoms with van der Waals surface area (Å²) in [4.78, 5) is 37.6. The van der Waals surface area contributed by atoms with E-state index in [1.165, 1.54) is 17.1 Å². The zero-order chi connectivity index (χ0) is 22.5. The number of hydrogen-bond acceptors (Lipinski definition) is 7. The van der Waals surface area contributed by atoms with Crippen molar-refractivity contribution in [1.29, 1.82) is 5.26 Å². The first-order chi connectivity index (χ1) is 15.0. The summed E-state index contributed by atoms with van der Waals surface area (Å²) in [6, 6.07) is 17.2. The molecule has 0 N–H and O–H groups in total. The molecule has 2 rings (SSSR count). The number of benzene rings is 2. The van der Waals surface area contributed by atoms with Crippen LogP contribution >= 0.6 is 0 Å². The number of ether oxygens (including phenoxy) is 3. The Balaban J connectivity index is 1.93. The topological polar surface area (TPSA) is 106 Å². The summed E-state index contributed by atoms with van der Waals surface area (Å²) in [5, 5.41) is 8.50. The van der Waals surface area contributed by atoms with Gasteiger partial charge in [0.15, 0.2) is 13.2 Å². The second-order valence-electron chi connectivity index (χ2n) is 6.08. The number of amides is 1. The summed E-state index contributed by atoms with van der Waals surface area (Å²) in [6.07, 6.45) is 2.71. The van der Waals surface area contributed by atoms with Crippen molar-refractivity contribution >= 4 is 29.6 Å². The second-order valence-corrected chi connectivity index (χ2v) is 6.08. The van der Waals surface area contributed by atoms with Gasteiger partial charge in [-0.25, -0.2) is 4.79 Å². The van der Waals surface area contributed by atoms with Gasteiger partial charge in [0.1, 0.15) is 18.4 Å². The molecule has 0 aliphatic heterocycles. The fourth-order valence-corrected chi connectivity index (χ4v) is 2.48. The molecule has 0 fully saturated rings. The highest BCUT2D eigenvalue weighted by atomic mass is 16.5. The molecule has 0 saturated carbocycles. The van der Waals surface area contributed by atoms with Crippen LogP contribution in [0.25, 0.3) is 6.08 Å². The lowest BCUT2D eigenvalue weighted by atomic mass is 10.2. The maximum atomic E-state index is 12.6. The van der Waals surface area contributed by atoms with Gasteiger partial charge < -0.3 is 14.2 Å². The normalized spacial score (nSPS) is 10.2. The lowest BCUT2D eigenvalue weighted by molar-refractivity contribution is -0.144. The van der Waals surface area contributed by atoms with Crippen LogP contribution in [0.5, 0.6) is 5.75 Å². The average Bonchev–Trinajstić information content (AvgIpc) is 2.79. The Morgan fingerprint density at radius 2 is 1.74 bits per heavy atom. The third-order valence-corrected chi connectivity index (χ3v) is 3.89. The Morgan fingerprint density at radius 1 is 1.03 bits per heavy atom.